The first-order chi connectivity index (χ1) is 19.7. The Morgan fingerprint density at radius 3 is 1.90 bits per heavy atom. The maximum Gasteiger partial charge on any atom is 0.416 e. The third-order valence-electron chi connectivity index (χ3n) is 6.99. The predicted octanol–water partition coefficient (Wildman–Crippen LogP) is 4.77. The van der Waals surface area contributed by atoms with Crippen molar-refractivity contribution in [1.82, 2.24) is 4.90 Å². The van der Waals surface area contributed by atoms with Crippen molar-refractivity contribution in [3.8, 4) is 0 Å². The Morgan fingerprint density at radius 2 is 1.29 bits per heavy atom. The zero-order valence-corrected chi connectivity index (χ0v) is 21.0. The molecular weight excluding hydrogens is 535 g/mol. The molecule has 0 saturated heterocycles. The third kappa shape index (κ3) is 4.29. The number of nitrogens with zero attached hydrogens (tertiary/aromatic N) is 2. The second-order valence-electron chi connectivity index (χ2n) is 9.42. The Hall–Kier alpha value is -5.38. The molecule has 0 unspecified atom stereocenters. The number of carbonyl (C=O) groups is 2. The van der Waals surface area contributed by atoms with Gasteiger partial charge in [0, 0.05) is 10.8 Å². The highest BCUT2D eigenvalue weighted by Gasteiger charge is 2.42. The summed E-state index contributed by atoms with van der Waals surface area (Å²) in [4.78, 5) is 54.2. The van der Waals surface area contributed by atoms with Crippen molar-refractivity contribution < 1.29 is 22.8 Å². The van der Waals surface area contributed by atoms with Gasteiger partial charge < -0.3 is 0 Å². The van der Waals surface area contributed by atoms with E-state index in [1.54, 1.807) is 24.3 Å². The molecule has 41 heavy (non-hydrogen) atoms. The topological polar surface area (TPSA) is 95.9 Å². The van der Waals surface area contributed by atoms with Crippen LogP contribution >= 0.6 is 0 Å². The third-order valence-corrected chi connectivity index (χ3v) is 6.99. The average Bonchev–Trinajstić information content (AvgIpc) is 3.37. The fourth-order valence-electron chi connectivity index (χ4n) is 5.07. The van der Waals surface area contributed by atoms with Crippen LogP contribution in [0.2, 0.25) is 0 Å². The summed E-state index contributed by atoms with van der Waals surface area (Å²) in [5, 5.41) is 2.65. The standard InChI is InChI=1S/C31H18F3N3O4/c32-31(33,34)19-14-15-20-22(16-19)28(39)25(27(20)38)36-35-23-13-7-12-21-24(23)30(41)37(29(21)40)26(17-8-3-1-4-9-17)18-10-5-2-6-11-18/h1-16,26,35H. The van der Waals surface area contributed by atoms with Crippen molar-refractivity contribution >= 4 is 28.3 Å². The Bertz CT molecular complexity index is 1960. The molecule has 5 aromatic carbocycles. The Kier molecular flexibility index (Phi) is 6.10. The number of hydrogen-bond acceptors (Lipinski definition) is 6. The van der Waals surface area contributed by atoms with Gasteiger partial charge in [-0.05, 0) is 41.5 Å². The van der Waals surface area contributed by atoms with Crippen molar-refractivity contribution in [2.45, 2.75) is 12.2 Å². The number of alkyl halides is 3. The molecular formula is C31H18F3N3O4. The molecule has 6 rings (SSSR count). The molecule has 0 radical (unpaired) electrons. The van der Waals surface area contributed by atoms with Crippen LogP contribution in [0, 0.1) is 0 Å². The first-order valence-electron chi connectivity index (χ1n) is 12.4. The maximum atomic E-state index is 13.8. The number of fused-ring (bicyclic) bond motifs is 2. The molecule has 0 bridgehead atoms. The first kappa shape index (κ1) is 25.9. The summed E-state index contributed by atoms with van der Waals surface area (Å²) in [6.07, 6.45) is -4.70. The SMILES string of the molecule is O=C1c2cccc(NN=c3c(=O)c4ccc(C(F)(F)F)cc4c3=O)c2C(=O)N1C(c1ccccc1)c1ccccc1. The molecule has 0 aromatic heterocycles. The van der Waals surface area contributed by atoms with Crippen LogP contribution in [0.5, 0.6) is 0 Å². The normalized spacial score (nSPS) is 13.9. The molecule has 0 atom stereocenters. The number of imide groups is 1. The molecule has 1 aliphatic rings. The van der Waals surface area contributed by atoms with Gasteiger partial charge >= 0.3 is 6.18 Å². The van der Waals surface area contributed by atoms with Gasteiger partial charge in [0.25, 0.3) is 11.8 Å². The maximum absolute atomic E-state index is 13.8. The van der Waals surface area contributed by atoms with Crippen LogP contribution in [0.15, 0.2) is 112 Å². The number of anilines is 1. The minimum atomic E-state index is -4.70. The smallest absolute Gasteiger partial charge is 0.287 e. The highest BCUT2D eigenvalue weighted by Crippen LogP contribution is 2.38. The summed E-state index contributed by atoms with van der Waals surface area (Å²) in [5.41, 5.74) is 1.21. The van der Waals surface area contributed by atoms with E-state index in [4.69, 9.17) is 0 Å². The Morgan fingerprint density at radius 1 is 0.683 bits per heavy atom. The van der Waals surface area contributed by atoms with Gasteiger partial charge in [-0.1, -0.05) is 66.7 Å². The van der Waals surface area contributed by atoms with Crippen LogP contribution in [-0.4, -0.2) is 16.7 Å². The van der Waals surface area contributed by atoms with Crippen LogP contribution in [-0.2, 0) is 6.18 Å². The van der Waals surface area contributed by atoms with E-state index >= 15 is 0 Å². The van der Waals surface area contributed by atoms with Crippen molar-refractivity contribution in [3.05, 3.63) is 151 Å². The van der Waals surface area contributed by atoms with Gasteiger partial charge in [-0.2, -0.15) is 18.3 Å². The second kappa shape index (κ2) is 9.67. The van der Waals surface area contributed by atoms with Gasteiger partial charge in [0.1, 0.15) is 0 Å². The molecule has 7 nitrogen and oxygen atoms in total. The van der Waals surface area contributed by atoms with Crippen LogP contribution in [0.25, 0.3) is 10.8 Å². The van der Waals surface area contributed by atoms with Gasteiger partial charge in [-0.3, -0.25) is 29.5 Å². The van der Waals surface area contributed by atoms with Crippen molar-refractivity contribution in [2.24, 2.45) is 5.10 Å². The van der Waals surface area contributed by atoms with Crippen molar-refractivity contribution in [3.63, 3.8) is 0 Å². The molecule has 0 aliphatic carbocycles. The van der Waals surface area contributed by atoms with Crippen LogP contribution in [0.4, 0.5) is 18.9 Å². The number of rotatable bonds is 5. The Balaban J connectivity index is 1.42. The highest BCUT2D eigenvalue weighted by molar-refractivity contribution is 6.24. The fraction of sp³-hybridized carbons (Fsp3) is 0.0645. The number of carbonyl (C=O) groups excluding carboxylic acids is 2. The lowest BCUT2D eigenvalue weighted by molar-refractivity contribution is -0.137. The molecule has 1 heterocycles. The quantitative estimate of drug-likeness (QED) is 0.250. The lowest BCUT2D eigenvalue weighted by Crippen LogP contribution is -2.35. The molecule has 1 aliphatic heterocycles. The van der Waals surface area contributed by atoms with Crippen LogP contribution in [0.3, 0.4) is 0 Å². The van der Waals surface area contributed by atoms with E-state index in [0.29, 0.717) is 17.2 Å². The number of nitrogens with one attached hydrogen (secondary N) is 1. The summed E-state index contributed by atoms with van der Waals surface area (Å²) in [6, 6.07) is 24.1. The average molecular weight is 553 g/mol. The van der Waals surface area contributed by atoms with E-state index in [2.05, 4.69) is 10.5 Å². The second-order valence-corrected chi connectivity index (χ2v) is 9.42. The molecule has 0 saturated carbocycles. The monoisotopic (exact) mass is 553 g/mol. The number of benzene rings is 4. The molecule has 0 fully saturated rings. The van der Waals surface area contributed by atoms with Gasteiger partial charge in [0.2, 0.25) is 10.9 Å². The van der Waals surface area contributed by atoms with Gasteiger partial charge in [-0.15, -0.1) is 0 Å². The largest absolute Gasteiger partial charge is 0.416 e. The molecule has 10 heteroatoms. The molecule has 2 amide bonds. The van der Waals surface area contributed by atoms with Crippen LogP contribution < -0.4 is 21.6 Å². The van der Waals surface area contributed by atoms with Crippen LogP contribution in [0.1, 0.15) is 43.4 Å². The number of halogens is 3. The van der Waals surface area contributed by atoms with E-state index in [1.165, 1.54) is 18.2 Å². The van der Waals surface area contributed by atoms with E-state index in [-0.39, 0.29) is 22.2 Å². The van der Waals surface area contributed by atoms with E-state index in [1.807, 2.05) is 36.4 Å². The summed E-state index contributed by atoms with van der Waals surface area (Å²) in [6.45, 7) is 0. The van der Waals surface area contributed by atoms with Crippen molar-refractivity contribution in [1.29, 1.82) is 0 Å². The number of amides is 2. The van der Waals surface area contributed by atoms with Gasteiger partial charge in [-0.25, -0.2) is 0 Å². The summed E-state index contributed by atoms with van der Waals surface area (Å²) < 4.78 is 39.4. The first-order valence-corrected chi connectivity index (χ1v) is 12.4. The minimum Gasteiger partial charge on any atom is -0.287 e. The number of hydrogen-bond donors (Lipinski definition) is 1. The highest BCUT2D eigenvalue weighted by atomic mass is 19.4. The van der Waals surface area contributed by atoms with E-state index in [9.17, 15) is 32.3 Å². The van der Waals surface area contributed by atoms with Crippen molar-refractivity contribution in [2.75, 3.05) is 5.43 Å². The van der Waals surface area contributed by atoms with E-state index in [0.717, 1.165) is 17.0 Å². The molecule has 1 N–H and O–H groups in total. The zero-order chi connectivity index (χ0) is 28.9. The van der Waals surface area contributed by atoms with Gasteiger partial charge in [0.05, 0.1) is 28.4 Å². The molecule has 5 aromatic rings. The van der Waals surface area contributed by atoms with Gasteiger partial charge in [0.15, 0.2) is 5.36 Å². The summed E-state index contributed by atoms with van der Waals surface area (Å²) >= 11 is 0. The van der Waals surface area contributed by atoms with E-state index < -0.39 is 51.2 Å². The lowest BCUT2D eigenvalue weighted by Gasteiger charge is -2.27. The summed E-state index contributed by atoms with van der Waals surface area (Å²) in [7, 11) is 0. The predicted molar refractivity (Wildman–Crippen MR) is 145 cm³/mol. The molecule has 0 spiro atoms. The lowest BCUT2D eigenvalue weighted by atomic mass is 9.97. The minimum absolute atomic E-state index is 0.00604. The fourth-order valence-corrected chi connectivity index (χ4v) is 5.07. The Labute approximate surface area is 229 Å². The summed E-state index contributed by atoms with van der Waals surface area (Å²) in [5.74, 6) is -1.16. The zero-order valence-electron chi connectivity index (χ0n) is 21.0. The molecule has 202 valence electrons.